The number of rotatable bonds is 5. The maximum Gasteiger partial charge on any atom is 0.329 e. The average molecular weight is 501 g/mol. The van der Waals surface area contributed by atoms with Gasteiger partial charge in [-0.05, 0) is 64.4 Å². The summed E-state index contributed by atoms with van der Waals surface area (Å²) in [5.74, 6) is -2.31. The van der Waals surface area contributed by atoms with Crippen molar-refractivity contribution in [2.45, 2.75) is 6.92 Å². The fourth-order valence-electron chi connectivity index (χ4n) is 4.28. The maximum atomic E-state index is 12.9. The van der Waals surface area contributed by atoms with Crippen LogP contribution >= 0.6 is 0 Å². The largest absolute Gasteiger partial charge is 0.329 e. The first-order valence-corrected chi connectivity index (χ1v) is 12.0. The molecule has 0 fully saturated rings. The van der Waals surface area contributed by atoms with E-state index in [1.165, 1.54) is 0 Å². The number of carbonyl (C=O) groups is 3. The topological polar surface area (TPSA) is 99.7 Å². The number of aryl methyl sites for hydroxylation is 1. The van der Waals surface area contributed by atoms with Crippen molar-refractivity contribution in [3.63, 3.8) is 0 Å². The molecule has 0 bridgehead atoms. The van der Waals surface area contributed by atoms with Gasteiger partial charge in [-0.3, -0.25) is 14.4 Å². The number of hydrogen-bond donors (Lipinski definition) is 3. The summed E-state index contributed by atoms with van der Waals surface area (Å²) in [5.41, 5.74) is 5.18. The minimum atomic E-state index is -0.959. The Morgan fingerprint density at radius 2 is 1.34 bits per heavy atom. The molecule has 5 aromatic carbocycles. The van der Waals surface area contributed by atoms with Crippen LogP contribution in [0.5, 0.6) is 0 Å². The molecule has 0 aliphatic rings. The fourth-order valence-corrected chi connectivity index (χ4v) is 4.28. The number of benzene rings is 5. The van der Waals surface area contributed by atoms with Gasteiger partial charge >= 0.3 is 11.8 Å². The Balaban J connectivity index is 1.31. The lowest BCUT2D eigenvalue weighted by atomic mass is 9.97. The van der Waals surface area contributed by atoms with Crippen LogP contribution in [0, 0.1) is 6.92 Å². The van der Waals surface area contributed by atoms with Gasteiger partial charge < -0.3 is 10.6 Å². The zero-order valence-electron chi connectivity index (χ0n) is 20.6. The van der Waals surface area contributed by atoms with Crippen LogP contribution in [0.1, 0.15) is 21.5 Å². The molecule has 186 valence electrons. The zero-order chi connectivity index (χ0) is 26.5. The summed E-state index contributed by atoms with van der Waals surface area (Å²) >= 11 is 0. The van der Waals surface area contributed by atoms with E-state index >= 15 is 0 Å². The third kappa shape index (κ3) is 5.27. The standard InChI is InChI=1S/C31H24N4O3/c1-20-9-8-12-23(17-20)33-29(36)26-15-6-7-16-28(26)34-30(37)31(38)35-32-19-27-24-13-4-2-10-21(24)18-22-11-3-5-14-25(22)27/h2-19H,1H3,(H,33,36)(H,34,37)(H,35,38). The number of para-hydroxylation sites is 1. The second-order valence-corrected chi connectivity index (χ2v) is 8.75. The second kappa shape index (κ2) is 10.8. The Hall–Kier alpha value is -5.30. The van der Waals surface area contributed by atoms with Gasteiger partial charge in [0, 0.05) is 11.3 Å². The highest BCUT2D eigenvalue weighted by atomic mass is 16.2. The molecule has 7 heteroatoms. The van der Waals surface area contributed by atoms with Crippen molar-refractivity contribution >= 4 is 56.9 Å². The zero-order valence-corrected chi connectivity index (χ0v) is 20.6. The minimum absolute atomic E-state index is 0.210. The predicted octanol–water partition coefficient (Wildman–Crippen LogP) is 5.64. The summed E-state index contributed by atoms with van der Waals surface area (Å²) in [6.45, 7) is 1.92. The lowest BCUT2D eigenvalue weighted by Crippen LogP contribution is -2.33. The Morgan fingerprint density at radius 1 is 0.684 bits per heavy atom. The molecule has 38 heavy (non-hydrogen) atoms. The number of hydrogen-bond acceptors (Lipinski definition) is 4. The second-order valence-electron chi connectivity index (χ2n) is 8.75. The van der Waals surface area contributed by atoms with Gasteiger partial charge in [-0.1, -0.05) is 72.8 Å². The summed E-state index contributed by atoms with van der Waals surface area (Å²) < 4.78 is 0. The number of fused-ring (bicyclic) bond motifs is 2. The van der Waals surface area contributed by atoms with Gasteiger partial charge in [0.2, 0.25) is 0 Å². The van der Waals surface area contributed by atoms with Crippen molar-refractivity contribution in [3.8, 4) is 0 Å². The van der Waals surface area contributed by atoms with Gasteiger partial charge in [0.25, 0.3) is 5.91 Å². The Bertz CT molecular complexity index is 1670. The van der Waals surface area contributed by atoms with Crippen LogP contribution in [0.2, 0.25) is 0 Å². The molecule has 5 rings (SSSR count). The molecule has 3 N–H and O–H groups in total. The monoisotopic (exact) mass is 500 g/mol. The van der Waals surface area contributed by atoms with E-state index in [0.717, 1.165) is 32.7 Å². The smallest absolute Gasteiger partial charge is 0.322 e. The first-order chi connectivity index (χ1) is 18.5. The highest BCUT2D eigenvalue weighted by molar-refractivity contribution is 6.40. The molecule has 0 atom stereocenters. The van der Waals surface area contributed by atoms with Crippen LogP contribution in [-0.4, -0.2) is 23.9 Å². The Morgan fingerprint density at radius 3 is 2.05 bits per heavy atom. The molecule has 5 aromatic rings. The average Bonchev–Trinajstić information content (AvgIpc) is 2.92. The number of anilines is 2. The number of nitrogens with zero attached hydrogens (tertiary/aromatic N) is 1. The number of nitrogens with one attached hydrogen (secondary N) is 3. The summed E-state index contributed by atoms with van der Waals surface area (Å²) in [4.78, 5) is 38.0. The summed E-state index contributed by atoms with van der Waals surface area (Å²) in [6, 6.07) is 31.7. The Labute approximate surface area is 219 Å². The fraction of sp³-hybridized carbons (Fsp3) is 0.0323. The van der Waals surface area contributed by atoms with Gasteiger partial charge in [0.05, 0.1) is 17.5 Å². The maximum absolute atomic E-state index is 12.9. The third-order valence-electron chi connectivity index (χ3n) is 6.07. The molecule has 0 radical (unpaired) electrons. The van der Waals surface area contributed by atoms with E-state index in [-0.39, 0.29) is 11.3 Å². The van der Waals surface area contributed by atoms with Crippen LogP contribution in [0.15, 0.2) is 108 Å². The van der Waals surface area contributed by atoms with Crippen molar-refractivity contribution < 1.29 is 14.4 Å². The van der Waals surface area contributed by atoms with Crippen LogP contribution in [0.3, 0.4) is 0 Å². The van der Waals surface area contributed by atoms with Gasteiger partial charge in [-0.15, -0.1) is 0 Å². The van der Waals surface area contributed by atoms with Crippen molar-refractivity contribution in [3.05, 3.63) is 120 Å². The summed E-state index contributed by atoms with van der Waals surface area (Å²) in [6.07, 6.45) is 1.54. The molecular formula is C31H24N4O3. The lowest BCUT2D eigenvalue weighted by Gasteiger charge is -2.11. The molecule has 0 spiro atoms. The van der Waals surface area contributed by atoms with Crippen molar-refractivity contribution in [1.29, 1.82) is 0 Å². The molecule has 0 saturated carbocycles. The van der Waals surface area contributed by atoms with Crippen molar-refractivity contribution in [1.82, 2.24) is 5.43 Å². The van der Waals surface area contributed by atoms with E-state index in [2.05, 4.69) is 27.2 Å². The highest BCUT2D eigenvalue weighted by Crippen LogP contribution is 2.27. The molecule has 0 heterocycles. The number of hydrazone groups is 1. The van der Waals surface area contributed by atoms with Crippen LogP contribution in [-0.2, 0) is 9.59 Å². The van der Waals surface area contributed by atoms with E-state index in [9.17, 15) is 14.4 Å². The van der Waals surface area contributed by atoms with Gasteiger partial charge in [-0.2, -0.15) is 5.10 Å². The molecule has 0 unspecified atom stereocenters. The number of carbonyl (C=O) groups excluding carboxylic acids is 3. The normalized spacial score (nSPS) is 11.0. The molecule has 0 aromatic heterocycles. The summed E-state index contributed by atoms with van der Waals surface area (Å²) in [7, 11) is 0. The first kappa shape index (κ1) is 24.4. The quantitative estimate of drug-likeness (QED) is 0.126. The van der Waals surface area contributed by atoms with Crippen LogP contribution in [0.4, 0.5) is 11.4 Å². The molecule has 0 saturated heterocycles. The SMILES string of the molecule is Cc1cccc(NC(=O)c2ccccc2NC(=O)C(=O)NN=Cc2c3ccccc3cc3ccccc23)c1. The van der Waals surface area contributed by atoms with E-state index in [0.29, 0.717) is 5.69 Å². The molecular weight excluding hydrogens is 476 g/mol. The van der Waals surface area contributed by atoms with E-state index < -0.39 is 17.7 Å². The van der Waals surface area contributed by atoms with Crippen molar-refractivity contribution in [2.24, 2.45) is 5.10 Å². The highest BCUT2D eigenvalue weighted by Gasteiger charge is 2.18. The molecule has 0 aliphatic heterocycles. The molecule has 0 aliphatic carbocycles. The molecule has 3 amide bonds. The van der Waals surface area contributed by atoms with Crippen molar-refractivity contribution in [2.75, 3.05) is 10.6 Å². The molecule has 7 nitrogen and oxygen atoms in total. The van der Waals surface area contributed by atoms with E-state index in [1.54, 1.807) is 36.5 Å². The van der Waals surface area contributed by atoms with Gasteiger partial charge in [0.15, 0.2) is 0 Å². The Kier molecular flexibility index (Phi) is 6.91. The van der Waals surface area contributed by atoms with Crippen LogP contribution in [0.25, 0.3) is 21.5 Å². The lowest BCUT2D eigenvalue weighted by molar-refractivity contribution is -0.136. The van der Waals surface area contributed by atoms with Gasteiger partial charge in [-0.25, -0.2) is 5.43 Å². The third-order valence-corrected chi connectivity index (χ3v) is 6.07. The minimum Gasteiger partial charge on any atom is -0.322 e. The predicted molar refractivity (Wildman–Crippen MR) is 151 cm³/mol. The first-order valence-electron chi connectivity index (χ1n) is 12.0. The summed E-state index contributed by atoms with van der Waals surface area (Å²) in [5, 5.41) is 13.4. The van der Waals surface area contributed by atoms with Crippen LogP contribution < -0.4 is 16.1 Å². The van der Waals surface area contributed by atoms with E-state index in [4.69, 9.17) is 0 Å². The number of amides is 3. The van der Waals surface area contributed by atoms with Gasteiger partial charge in [0.1, 0.15) is 0 Å². The van der Waals surface area contributed by atoms with E-state index in [1.807, 2.05) is 73.7 Å².